The summed E-state index contributed by atoms with van der Waals surface area (Å²) >= 11 is 6.13. The van der Waals surface area contributed by atoms with Crippen molar-refractivity contribution >= 4 is 33.2 Å². The van der Waals surface area contributed by atoms with Crippen LogP contribution in [0.2, 0.25) is 5.02 Å². The molecule has 0 aromatic heterocycles. The number of rotatable bonds is 10. The van der Waals surface area contributed by atoms with E-state index in [4.69, 9.17) is 16.3 Å². The minimum absolute atomic E-state index is 0.0546. The molecule has 0 aliphatic carbocycles. The van der Waals surface area contributed by atoms with Crippen molar-refractivity contribution in [1.29, 1.82) is 0 Å². The third-order valence-electron chi connectivity index (χ3n) is 5.04. The Bertz CT molecular complexity index is 765. The Kier molecular flexibility index (Phi) is 9.52. The van der Waals surface area contributed by atoms with E-state index in [1.807, 2.05) is 0 Å². The molecule has 1 saturated heterocycles. The molecule has 1 heterocycles. The zero-order chi connectivity index (χ0) is 21.3. The number of anilines is 1. The molecule has 0 atom stereocenters. The zero-order valence-electron chi connectivity index (χ0n) is 17.3. The maximum absolute atomic E-state index is 12.2. The lowest BCUT2D eigenvalue weighted by molar-refractivity contribution is -0.121. The number of carbonyl (C=O) groups excluding carboxylic acids is 1. The molecule has 1 fully saturated rings. The van der Waals surface area contributed by atoms with Gasteiger partial charge in [-0.3, -0.25) is 9.10 Å². The highest BCUT2D eigenvalue weighted by Crippen LogP contribution is 2.30. The fourth-order valence-corrected chi connectivity index (χ4v) is 4.69. The second kappa shape index (κ2) is 11.6. The highest BCUT2D eigenvalue weighted by molar-refractivity contribution is 7.92. The van der Waals surface area contributed by atoms with Crippen LogP contribution in [0.25, 0.3) is 0 Å². The van der Waals surface area contributed by atoms with Crippen LogP contribution in [0.1, 0.15) is 38.5 Å². The smallest absolute Gasteiger partial charge is 0.232 e. The fraction of sp³-hybridized carbons (Fsp3) is 0.650. The van der Waals surface area contributed by atoms with Crippen LogP contribution < -0.4 is 14.4 Å². The Labute approximate surface area is 179 Å². The summed E-state index contributed by atoms with van der Waals surface area (Å²) in [6, 6.07) is 4.83. The zero-order valence-corrected chi connectivity index (χ0v) is 18.9. The summed E-state index contributed by atoms with van der Waals surface area (Å²) in [5, 5.41) is 3.28. The van der Waals surface area contributed by atoms with E-state index in [2.05, 4.69) is 10.2 Å². The molecule has 0 spiro atoms. The van der Waals surface area contributed by atoms with E-state index in [9.17, 15) is 13.2 Å². The minimum atomic E-state index is -3.49. The van der Waals surface area contributed by atoms with Gasteiger partial charge in [-0.25, -0.2) is 8.42 Å². The summed E-state index contributed by atoms with van der Waals surface area (Å²) in [4.78, 5) is 14.5. The van der Waals surface area contributed by atoms with Crippen molar-refractivity contribution in [2.24, 2.45) is 0 Å². The van der Waals surface area contributed by atoms with E-state index in [1.165, 1.54) is 37.1 Å². The molecule has 7 nitrogen and oxygen atoms in total. The molecule has 1 N–H and O–H groups in total. The van der Waals surface area contributed by atoms with E-state index >= 15 is 0 Å². The standard InChI is InChI=1S/C20H32ClN3O4S/c1-28-19-10-9-17(16-18(19)21)24(29(2,26)27)14-7-8-20(25)22-11-15-23-12-5-3-4-6-13-23/h9-10,16H,3-8,11-15H2,1-2H3,(H,22,25). The quantitative estimate of drug-likeness (QED) is 0.599. The van der Waals surface area contributed by atoms with Gasteiger partial charge in [-0.1, -0.05) is 24.4 Å². The number of amides is 1. The number of nitrogens with zero attached hydrogens (tertiary/aromatic N) is 2. The van der Waals surface area contributed by atoms with Crippen LogP contribution in [0.5, 0.6) is 5.75 Å². The van der Waals surface area contributed by atoms with Crippen molar-refractivity contribution in [2.75, 3.05) is 50.4 Å². The molecule has 2 rings (SSSR count). The third kappa shape index (κ3) is 8.03. The summed E-state index contributed by atoms with van der Waals surface area (Å²) in [5.41, 5.74) is 0.458. The van der Waals surface area contributed by atoms with Crippen LogP contribution in [0.4, 0.5) is 5.69 Å². The van der Waals surface area contributed by atoms with Crippen molar-refractivity contribution in [3.05, 3.63) is 23.2 Å². The molecule has 0 saturated carbocycles. The van der Waals surface area contributed by atoms with Crippen LogP contribution in [-0.4, -0.2) is 65.3 Å². The van der Waals surface area contributed by atoms with E-state index < -0.39 is 10.0 Å². The van der Waals surface area contributed by atoms with Crippen molar-refractivity contribution in [2.45, 2.75) is 38.5 Å². The van der Waals surface area contributed by atoms with Gasteiger partial charge in [0.05, 0.1) is 24.1 Å². The first-order valence-corrected chi connectivity index (χ1v) is 12.3. The number of methoxy groups -OCH3 is 1. The average molecular weight is 446 g/mol. The van der Waals surface area contributed by atoms with Crippen LogP contribution in [0.15, 0.2) is 18.2 Å². The van der Waals surface area contributed by atoms with E-state index in [0.717, 1.165) is 25.9 Å². The predicted octanol–water partition coefficient (Wildman–Crippen LogP) is 2.89. The lowest BCUT2D eigenvalue weighted by Crippen LogP contribution is -2.36. The molecule has 0 radical (unpaired) electrons. The molecule has 0 unspecified atom stereocenters. The number of nitrogens with one attached hydrogen (secondary N) is 1. The highest BCUT2D eigenvalue weighted by Gasteiger charge is 2.19. The molecule has 1 amide bonds. The number of carbonyl (C=O) groups is 1. The second-order valence-electron chi connectivity index (χ2n) is 7.36. The summed E-state index contributed by atoms with van der Waals surface area (Å²) in [7, 11) is -1.99. The molecular weight excluding hydrogens is 414 g/mol. The van der Waals surface area contributed by atoms with Gasteiger partial charge in [0.15, 0.2) is 0 Å². The Morgan fingerprint density at radius 1 is 1.24 bits per heavy atom. The lowest BCUT2D eigenvalue weighted by Gasteiger charge is -2.23. The number of halogens is 1. The SMILES string of the molecule is COc1ccc(N(CCCC(=O)NCCN2CCCCCC2)S(C)(=O)=O)cc1Cl. The summed E-state index contributed by atoms with van der Waals surface area (Å²) < 4.78 is 30.8. The first-order valence-electron chi connectivity index (χ1n) is 10.1. The third-order valence-corrected chi connectivity index (χ3v) is 6.53. The average Bonchev–Trinajstić information content (AvgIpc) is 2.93. The molecule has 1 aromatic rings. The van der Waals surface area contributed by atoms with E-state index in [1.54, 1.807) is 18.2 Å². The minimum Gasteiger partial charge on any atom is -0.495 e. The molecule has 1 aliphatic rings. The Hall–Kier alpha value is -1.51. The number of hydrogen-bond donors (Lipinski definition) is 1. The number of ether oxygens (including phenoxy) is 1. The first-order chi connectivity index (χ1) is 13.8. The van der Waals surface area contributed by atoms with Crippen LogP contribution in [-0.2, 0) is 14.8 Å². The second-order valence-corrected chi connectivity index (χ2v) is 9.68. The molecule has 9 heteroatoms. The summed E-state index contributed by atoms with van der Waals surface area (Å²) in [6.45, 7) is 3.91. The number of sulfonamides is 1. The number of hydrogen-bond acceptors (Lipinski definition) is 5. The number of benzene rings is 1. The Morgan fingerprint density at radius 2 is 1.93 bits per heavy atom. The maximum Gasteiger partial charge on any atom is 0.232 e. The largest absolute Gasteiger partial charge is 0.495 e. The first kappa shape index (κ1) is 23.8. The predicted molar refractivity (Wildman–Crippen MR) is 117 cm³/mol. The summed E-state index contributed by atoms with van der Waals surface area (Å²) in [5.74, 6) is 0.425. The Balaban J connectivity index is 1.80. The monoisotopic (exact) mass is 445 g/mol. The number of likely N-dealkylation sites (tertiary alicyclic amines) is 1. The fourth-order valence-electron chi connectivity index (χ4n) is 3.48. The maximum atomic E-state index is 12.2. The molecule has 164 valence electrons. The van der Waals surface area contributed by atoms with Crippen LogP contribution in [0, 0.1) is 0 Å². The summed E-state index contributed by atoms with van der Waals surface area (Å²) in [6.07, 6.45) is 6.88. The van der Waals surface area contributed by atoms with Gasteiger partial charge in [-0.05, 0) is 50.6 Å². The molecule has 0 bridgehead atoms. The Morgan fingerprint density at radius 3 is 2.52 bits per heavy atom. The topological polar surface area (TPSA) is 79.0 Å². The van der Waals surface area contributed by atoms with Crippen LogP contribution >= 0.6 is 11.6 Å². The van der Waals surface area contributed by atoms with Crippen LogP contribution in [0.3, 0.4) is 0 Å². The highest BCUT2D eigenvalue weighted by atomic mass is 35.5. The van der Waals surface area contributed by atoms with E-state index in [0.29, 0.717) is 29.4 Å². The van der Waals surface area contributed by atoms with Gasteiger partial charge in [0, 0.05) is 26.1 Å². The normalized spacial score (nSPS) is 15.6. The van der Waals surface area contributed by atoms with Gasteiger partial charge in [-0.15, -0.1) is 0 Å². The van der Waals surface area contributed by atoms with Gasteiger partial charge in [0.2, 0.25) is 15.9 Å². The lowest BCUT2D eigenvalue weighted by atomic mass is 10.2. The molecule has 29 heavy (non-hydrogen) atoms. The molecular formula is C20H32ClN3O4S. The van der Waals surface area contributed by atoms with Gasteiger partial charge < -0.3 is 15.0 Å². The van der Waals surface area contributed by atoms with Crippen molar-refractivity contribution in [3.8, 4) is 5.75 Å². The van der Waals surface area contributed by atoms with E-state index in [-0.39, 0.29) is 18.9 Å². The van der Waals surface area contributed by atoms with Gasteiger partial charge in [-0.2, -0.15) is 0 Å². The molecule has 1 aliphatic heterocycles. The van der Waals surface area contributed by atoms with Crippen molar-refractivity contribution in [3.63, 3.8) is 0 Å². The van der Waals surface area contributed by atoms with Gasteiger partial charge >= 0.3 is 0 Å². The van der Waals surface area contributed by atoms with Crippen molar-refractivity contribution < 1.29 is 17.9 Å². The van der Waals surface area contributed by atoms with Gasteiger partial charge in [0.1, 0.15) is 5.75 Å². The molecule has 1 aromatic carbocycles. The van der Waals surface area contributed by atoms with Crippen molar-refractivity contribution in [1.82, 2.24) is 10.2 Å². The van der Waals surface area contributed by atoms with Gasteiger partial charge in [0.25, 0.3) is 0 Å².